The van der Waals surface area contributed by atoms with Gasteiger partial charge in [-0.2, -0.15) is 0 Å². The Kier molecular flexibility index (Phi) is 8.35. The molecule has 0 aliphatic heterocycles. The fraction of sp³-hybridized carbons (Fsp3) is 0.162. The maximum Gasteiger partial charge on any atom is 0.193 e. The molecule has 0 aliphatic carbocycles. The quantitative estimate of drug-likeness (QED) is 0.185. The Bertz CT molecular complexity index is 1610. The monoisotopic (exact) mass is 558 g/mol. The molecule has 0 aromatic heterocycles. The molecule has 5 aromatic carbocycles. The van der Waals surface area contributed by atoms with Crippen molar-refractivity contribution in [1.82, 2.24) is 0 Å². The predicted octanol–water partition coefficient (Wildman–Crippen LogP) is 10.8. The average molecular weight is 559 g/mol. The number of ketones is 1. The van der Waals surface area contributed by atoms with E-state index in [9.17, 15) is 4.79 Å². The van der Waals surface area contributed by atoms with E-state index in [1.54, 1.807) is 23.5 Å². The average Bonchev–Trinajstić information content (AvgIpc) is 2.95. The summed E-state index contributed by atoms with van der Waals surface area (Å²) in [6.07, 6.45) is 0. The van der Waals surface area contributed by atoms with E-state index < -0.39 is 0 Å². The molecule has 5 rings (SSSR count). The zero-order chi connectivity index (χ0) is 28.3. The summed E-state index contributed by atoms with van der Waals surface area (Å²) in [4.78, 5) is 17.8. The number of hydrogen-bond donors (Lipinski definition) is 0. The summed E-state index contributed by atoms with van der Waals surface area (Å²) in [7, 11) is 0. The van der Waals surface area contributed by atoms with Crippen molar-refractivity contribution >= 4 is 29.3 Å². The molecule has 0 unspecified atom stereocenters. The van der Waals surface area contributed by atoms with Crippen molar-refractivity contribution in [2.24, 2.45) is 0 Å². The number of aryl methyl sites for hydroxylation is 2. The molecule has 0 heterocycles. The molecule has 0 radical (unpaired) electrons. The van der Waals surface area contributed by atoms with E-state index >= 15 is 0 Å². The molecule has 0 saturated carbocycles. The number of carbonyl (C=O) groups is 1. The minimum atomic E-state index is 0.0545. The third-order valence-electron chi connectivity index (χ3n) is 6.91. The van der Waals surface area contributed by atoms with Crippen LogP contribution in [0.5, 0.6) is 0 Å². The van der Waals surface area contributed by atoms with Gasteiger partial charge in [0.15, 0.2) is 5.78 Å². The molecule has 1 nitrogen and oxygen atoms in total. The van der Waals surface area contributed by atoms with Gasteiger partial charge in [0, 0.05) is 30.7 Å². The van der Waals surface area contributed by atoms with Gasteiger partial charge in [-0.3, -0.25) is 4.79 Å². The summed E-state index contributed by atoms with van der Waals surface area (Å²) in [5.74, 6) is 0.0545. The summed E-state index contributed by atoms with van der Waals surface area (Å²) in [5, 5.41) is 0. The lowest BCUT2D eigenvalue weighted by Gasteiger charge is -2.19. The van der Waals surface area contributed by atoms with Gasteiger partial charge < -0.3 is 0 Å². The predicted molar refractivity (Wildman–Crippen MR) is 171 cm³/mol. The highest BCUT2D eigenvalue weighted by molar-refractivity contribution is 7.99. The number of benzene rings is 5. The molecule has 40 heavy (non-hydrogen) atoms. The minimum absolute atomic E-state index is 0.0545. The normalized spacial score (nSPS) is 11.4. The highest BCUT2D eigenvalue weighted by Gasteiger charge is 2.15. The van der Waals surface area contributed by atoms with Crippen LogP contribution < -0.4 is 0 Å². The first kappa shape index (κ1) is 28.0. The van der Waals surface area contributed by atoms with Crippen LogP contribution in [0.15, 0.2) is 135 Å². The van der Waals surface area contributed by atoms with Gasteiger partial charge in [-0.25, -0.2) is 0 Å². The van der Waals surface area contributed by atoms with E-state index in [1.807, 2.05) is 36.4 Å². The van der Waals surface area contributed by atoms with E-state index in [0.29, 0.717) is 5.56 Å². The van der Waals surface area contributed by atoms with Crippen molar-refractivity contribution in [3.63, 3.8) is 0 Å². The zero-order valence-corrected chi connectivity index (χ0v) is 25.3. The Morgan fingerprint density at radius 3 is 1.60 bits per heavy atom. The van der Waals surface area contributed by atoms with Crippen LogP contribution in [0.1, 0.15) is 53.4 Å². The number of rotatable bonds is 7. The van der Waals surface area contributed by atoms with Crippen molar-refractivity contribution in [2.75, 3.05) is 0 Å². The third kappa shape index (κ3) is 6.78. The summed E-state index contributed by atoms with van der Waals surface area (Å²) in [6, 6.07) is 40.0. The van der Waals surface area contributed by atoms with Crippen LogP contribution in [0.2, 0.25) is 0 Å². The fourth-order valence-electron chi connectivity index (χ4n) is 4.49. The standard InChI is InChI=1S/C37H34OS2/c1-25-6-17-33(18-7-25)40-35-23-8-26(2)24-34(35)27-11-19-31(20-12-27)39-32-21-13-29(14-22-32)36(38)28-9-15-30(16-10-28)37(3,4)5/h6-24H,1-5H3. The van der Waals surface area contributed by atoms with Crippen molar-refractivity contribution in [2.45, 2.75) is 59.6 Å². The van der Waals surface area contributed by atoms with Gasteiger partial charge in [-0.05, 0) is 90.6 Å². The van der Waals surface area contributed by atoms with Crippen LogP contribution in [0.3, 0.4) is 0 Å². The van der Waals surface area contributed by atoms with Gasteiger partial charge in [-0.1, -0.05) is 116 Å². The maximum absolute atomic E-state index is 13.0. The maximum atomic E-state index is 13.0. The van der Waals surface area contributed by atoms with Crippen molar-refractivity contribution < 1.29 is 4.79 Å². The lowest BCUT2D eigenvalue weighted by Crippen LogP contribution is -2.11. The van der Waals surface area contributed by atoms with Crippen molar-refractivity contribution in [3.8, 4) is 11.1 Å². The van der Waals surface area contributed by atoms with Crippen molar-refractivity contribution in [3.05, 3.63) is 143 Å². The van der Waals surface area contributed by atoms with E-state index in [4.69, 9.17) is 0 Å². The van der Waals surface area contributed by atoms with Crippen LogP contribution in [0, 0.1) is 13.8 Å². The van der Waals surface area contributed by atoms with Gasteiger partial charge in [0.1, 0.15) is 0 Å². The molecule has 3 heteroatoms. The van der Waals surface area contributed by atoms with E-state index in [2.05, 4.69) is 113 Å². The van der Waals surface area contributed by atoms with E-state index in [0.717, 1.165) is 10.5 Å². The Labute approximate surface area is 247 Å². The van der Waals surface area contributed by atoms with Crippen molar-refractivity contribution in [1.29, 1.82) is 0 Å². The van der Waals surface area contributed by atoms with Crippen LogP contribution >= 0.6 is 23.5 Å². The summed E-state index contributed by atoms with van der Waals surface area (Å²) in [5.41, 5.74) is 7.71. The topological polar surface area (TPSA) is 17.1 Å². The first-order chi connectivity index (χ1) is 19.2. The summed E-state index contributed by atoms with van der Waals surface area (Å²) < 4.78 is 0. The van der Waals surface area contributed by atoms with Crippen LogP contribution in [0.4, 0.5) is 0 Å². The van der Waals surface area contributed by atoms with E-state index in [1.165, 1.54) is 42.5 Å². The minimum Gasteiger partial charge on any atom is -0.289 e. The molecule has 0 aliphatic rings. The van der Waals surface area contributed by atoms with Gasteiger partial charge in [-0.15, -0.1) is 0 Å². The second kappa shape index (κ2) is 11.9. The largest absolute Gasteiger partial charge is 0.289 e. The molecule has 5 aromatic rings. The fourth-order valence-corrected chi connectivity index (χ4v) is 6.26. The molecule has 200 valence electrons. The second-order valence-electron chi connectivity index (χ2n) is 11.2. The molecular weight excluding hydrogens is 525 g/mol. The SMILES string of the molecule is Cc1ccc(Sc2ccc(C)cc2-c2ccc(Sc3ccc(C(=O)c4ccc(C(C)(C)C)cc4)cc3)cc2)cc1. The molecule has 0 saturated heterocycles. The molecule has 0 spiro atoms. The summed E-state index contributed by atoms with van der Waals surface area (Å²) >= 11 is 3.51. The van der Waals surface area contributed by atoms with Crippen LogP contribution in [-0.2, 0) is 5.41 Å². The molecule has 0 amide bonds. The first-order valence-corrected chi connectivity index (χ1v) is 15.2. The van der Waals surface area contributed by atoms with Gasteiger partial charge in [0.05, 0.1) is 0 Å². The van der Waals surface area contributed by atoms with Crippen LogP contribution in [-0.4, -0.2) is 5.78 Å². The highest BCUT2D eigenvalue weighted by atomic mass is 32.2. The molecule has 0 N–H and O–H groups in total. The Hall–Kier alpha value is -3.53. The second-order valence-corrected chi connectivity index (χ2v) is 13.5. The number of hydrogen-bond acceptors (Lipinski definition) is 3. The Morgan fingerprint density at radius 2 is 1.02 bits per heavy atom. The summed E-state index contributed by atoms with van der Waals surface area (Å²) in [6.45, 7) is 10.8. The first-order valence-electron chi connectivity index (χ1n) is 13.5. The van der Waals surface area contributed by atoms with Gasteiger partial charge in [0.2, 0.25) is 0 Å². The Balaban J connectivity index is 1.28. The molecule has 0 fully saturated rings. The zero-order valence-electron chi connectivity index (χ0n) is 23.7. The molecule has 0 atom stereocenters. The van der Waals surface area contributed by atoms with Crippen LogP contribution in [0.25, 0.3) is 11.1 Å². The molecular formula is C37H34OS2. The number of carbonyl (C=O) groups excluding carboxylic acids is 1. The lowest BCUT2D eigenvalue weighted by atomic mass is 9.86. The van der Waals surface area contributed by atoms with E-state index in [-0.39, 0.29) is 11.2 Å². The van der Waals surface area contributed by atoms with Gasteiger partial charge in [0.25, 0.3) is 0 Å². The smallest absolute Gasteiger partial charge is 0.193 e. The Morgan fingerprint density at radius 1 is 0.550 bits per heavy atom. The lowest BCUT2D eigenvalue weighted by molar-refractivity contribution is 0.103. The highest BCUT2D eigenvalue weighted by Crippen LogP contribution is 2.38. The third-order valence-corrected chi connectivity index (χ3v) is 9.01. The van der Waals surface area contributed by atoms with Gasteiger partial charge >= 0.3 is 0 Å². The molecule has 0 bridgehead atoms.